The van der Waals surface area contributed by atoms with Gasteiger partial charge in [-0.3, -0.25) is 4.90 Å². The Hall–Kier alpha value is -1.49. The number of hydrogen-bond acceptors (Lipinski definition) is 2. The summed E-state index contributed by atoms with van der Waals surface area (Å²) in [4.78, 5) is 12.5. The van der Waals surface area contributed by atoms with Gasteiger partial charge in [-0.05, 0) is 30.5 Å². The fourth-order valence-electron chi connectivity index (χ4n) is 1.95. The molecule has 0 unspecified atom stereocenters. The molecule has 3 nitrogen and oxygen atoms in total. The molecule has 2 rings (SSSR count). The second-order valence-corrected chi connectivity index (χ2v) is 4.55. The highest BCUT2D eigenvalue weighted by atomic mass is 19.3. The van der Waals surface area contributed by atoms with Gasteiger partial charge >= 0.3 is 5.97 Å². The summed E-state index contributed by atoms with van der Waals surface area (Å²) in [6.07, 6.45) is -0.385. The number of benzene rings is 1. The van der Waals surface area contributed by atoms with Crippen LogP contribution in [0.5, 0.6) is 0 Å². The summed E-state index contributed by atoms with van der Waals surface area (Å²) >= 11 is 0. The molecule has 0 heterocycles. The molecule has 1 aliphatic rings. The van der Waals surface area contributed by atoms with Crippen LogP contribution in [0.15, 0.2) is 24.3 Å². The van der Waals surface area contributed by atoms with Crippen LogP contribution in [-0.4, -0.2) is 35.0 Å². The lowest BCUT2D eigenvalue weighted by Gasteiger charge is -2.21. The molecule has 1 aromatic rings. The summed E-state index contributed by atoms with van der Waals surface area (Å²) in [6, 6.07) is 6.64. The van der Waals surface area contributed by atoms with Gasteiger partial charge in [-0.1, -0.05) is 12.1 Å². The minimum Gasteiger partial charge on any atom is -0.478 e. The molecule has 18 heavy (non-hydrogen) atoms. The lowest BCUT2D eigenvalue weighted by atomic mass is 10.1. The summed E-state index contributed by atoms with van der Waals surface area (Å²) in [7, 11) is 0. The van der Waals surface area contributed by atoms with E-state index >= 15 is 0 Å². The van der Waals surface area contributed by atoms with E-state index in [4.69, 9.17) is 5.11 Å². The minimum atomic E-state index is -2.33. The molecule has 1 aromatic carbocycles. The number of nitrogens with zero attached hydrogens (tertiary/aromatic N) is 1. The molecule has 1 aliphatic carbocycles. The first-order chi connectivity index (χ1) is 8.56. The topological polar surface area (TPSA) is 40.5 Å². The van der Waals surface area contributed by atoms with Gasteiger partial charge in [0.15, 0.2) is 0 Å². The molecule has 0 atom stereocenters. The standard InChI is InChI=1S/C13H15F2NO2/c14-12(15)8-16(11-5-6-11)7-9-1-3-10(4-2-9)13(17)18/h1-4,11-12H,5-8H2,(H,17,18). The van der Waals surface area contributed by atoms with Crippen molar-refractivity contribution in [2.45, 2.75) is 31.9 Å². The van der Waals surface area contributed by atoms with E-state index in [0.717, 1.165) is 18.4 Å². The highest BCUT2D eigenvalue weighted by Crippen LogP contribution is 2.28. The molecule has 0 radical (unpaired) electrons. The lowest BCUT2D eigenvalue weighted by Crippen LogP contribution is -2.30. The summed E-state index contributed by atoms with van der Waals surface area (Å²) < 4.78 is 24.9. The van der Waals surface area contributed by atoms with Crippen molar-refractivity contribution in [1.82, 2.24) is 4.90 Å². The number of carboxylic acid groups (broad SMARTS) is 1. The molecule has 0 spiro atoms. The van der Waals surface area contributed by atoms with Crippen LogP contribution in [0.1, 0.15) is 28.8 Å². The van der Waals surface area contributed by atoms with Crippen LogP contribution in [0.2, 0.25) is 0 Å². The molecule has 5 heteroatoms. The fourth-order valence-corrected chi connectivity index (χ4v) is 1.95. The van der Waals surface area contributed by atoms with Gasteiger partial charge < -0.3 is 5.11 Å². The number of carbonyl (C=O) groups is 1. The molecule has 1 saturated carbocycles. The van der Waals surface area contributed by atoms with Gasteiger partial charge in [-0.25, -0.2) is 13.6 Å². The van der Waals surface area contributed by atoms with Crippen LogP contribution >= 0.6 is 0 Å². The van der Waals surface area contributed by atoms with Crippen molar-refractivity contribution in [3.63, 3.8) is 0 Å². The second kappa shape index (κ2) is 5.44. The second-order valence-electron chi connectivity index (χ2n) is 4.55. The van der Waals surface area contributed by atoms with Gasteiger partial charge in [0.1, 0.15) is 0 Å². The van der Waals surface area contributed by atoms with Crippen LogP contribution in [0.25, 0.3) is 0 Å². The van der Waals surface area contributed by atoms with Crippen LogP contribution in [0.4, 0.5) is 8.78 Å². The molecule has 0 aliphatic heterocycles. The fraction of sp³-hybridized carbons (Fsp3) is 0.462. The highest BCUT2D eigenvalue weighted by Gasteiger charge is 2.30. The van der Waals surface area contributed by atoms with E-state index in [-0.39, 0.29) is 18.2 Å². The Kier molecular flexibility index (Phi) is 3.91. The molecule has 1 N–H and O–H groups in total. The predicted octanol–water partition coefficient (Wildman–Crippen LogP) is 2.61. The first-order valence-corrected chi connectivity index (χ1v) is 5.90. The van der Waals surface area contributed by atoms with Crippen LogP contribution in [0.3, 0.4) is 0 Å². The van der Waals surface area contributed by atoms with Gasteiger partial charge in [0.25, 0.3) is 6.43 Å². The van der Waals surface area contributed by atoms with Crippen molar-refractivity contribution in [3.05, 3.63) is 35.4 Å². The molecular weight excluding hydrogens is 240 g/mol. The average molecular weight is 255 g/mol. The number of alkyl halides is 2. The molecule has 0 aromatic heterocycles. The molecular formula is C13H15F2NO2. The van der Waals surface area contributed by atoms with Crippen LogP contribution in [0, 0.1) is 0 Å². The van der Waals surface area contributed by atoms with Gasteiger partial charge in [0, 0.05) is 12.6 Å². The summed E-state index contributed by atoms with van der Waals surface area (Å²) in [5.41, 5.74) is 1.08. The van der Waals surface area contributed by atoms with E-state index in [1.54, 1.807) is 17.0 Å². The number of aromatic carboxylic acids is 1. The smallest absolute Gasteiger partial charge is 0.335 e. The number of carboxylic acids is 1. The lowest BCUT2D eigenvalue weighted by molar-refractivity contribution is 0.0697. The molecule has 0 saturated heterocycles. The first-order valence-electron chi connectivity index (χ1n) is 5.90. The quantitative estimate of drug-likeness (QED) is 0.849. The summed E-state index contributed by atoms with van der Waals surface area (Å²) in [5.74, 6) is -0.979. The van der Waals surface area contributed by atoms with E-state index in [1.165, 1.54) is 12.1 Å². The minimum absolute atomic E-state index is 0.214. The zero-order valence-electron chi connectivity index (χ0n) is 9.85. The Morgan fingerprint density at radius 1 is 1.33 bits per heavy atom. The molecule has 0 amide bonds. The van der Waals surface area contributed by atoms with Crippen LogP contribution in [-0.2, 0) is 6.54 Å². The first kappa shape index (κ1) is 13.0. The number of rotatable bonds is 6. The molecule has 1 fully saturated rings. The zero-order valence-corrected chi connectivity index (χ0v) is 9.85. The van der Waals surface area contributed by atoms with Crippen LogP contribution < -0.4 is 0 Å². The molecule has 98 valence electrons. The average Bonchev–Trinajstić information content (AvgIpc) is 3.12. The monoisotopic (exact) mass is 255 g/mol. The van der Waals surface area contributed by atoms with E-state index < -0.39 is 12.4 Å². The van der Waals surface area contributed by atoms with Gasteiger partial charge in [-0.15, -0.1) is 0 Å². The predicted molar refractivity (Wildman–Crippen MR) is 62.8 cm³/mol. The number of halogens is 2. The summed E-state index contributed by atoms with van der Waals surface area (Å²) in [5, 5.41) is 8.77. The maximum atomic E-state index is 12.4. The van der Waals surface area contributed by atoms with Crippen molar-refractivity contribution in [3.8, 4) is 0 Å². The van der Waals surface area contributed by atoms with E-state index in [2.05, 4.69) is 0 Å². The Morgan fingerprint density at radius 2 is 1.94 bits per heavy atom. The van der Waals surface area contributed by atoms with E-state index in [1.807, 2.05) is 0 Å². The maximum absolute atomic E-state index is 12.4. The Bertz CT molecular complexity index is 416. The van der Waals surface area contributed by atoms with E-state index in [0.29, 0.717) is 6.54 Å². The molecule has 0 bridgehead atoms. The third-order valence-corrected chi connectivity index (χ3v) is 3.02. The van der Waals surface area contributed by atoms with E-state index in [9.17, 15) is 13.6 Å². The third-order valence-electron chi connectivity index (χ3n) is 3.02. The Balaban J connectivity index is 1.99. The zero-order chi connectivity index (χ0) is 13.1. The van der Waals surface area contributed by atoms with Gasteiger partial charge in [0.2, 0.25) is 0 Å². The maximum Gasteiger partial charge on any atom is 0.335 e. The van der Waals surface area contributed by atoms with Crippen molar-refractivity contribution in [2.75, 3.05) is 6.54 Å². The van der Waals surface area contributed by atoms with Crippen molar-refractivity contribution >= 4 is 5.97 Å². The van der Waals surface area contributed by atoms with Crippen molar-refractivity contribution in [2.24, 2.45) is 0 Å². The van der Waals surface area contributed by atoms with Gasteiger partial charge in [0.05, 0.1) is 12.1 Å². The largest absolute Gasteiger partial charge is 0.478 e. The SMILES string of the molecule is O=C(O)c1ccc(CN(CC(F)F)C2CC2)cc1. The highest BCUT2D eigenvalue weighted by molar-refractivity contribution is 5.87. The Labute approximate surface area is 104 Å². The van der Waals surface area contributed by atoms with Crippen molar-refractivity contribution in [1.29, 1.82) is 0 Å². The normalized spacial score (nSPS) is 15.3. The van der Waals surface area contributed by atoms with Crippen molar-refractivity contribution < 1.29 is 18.7 Å². The number of hydrogen-bond donors (Lipinski definition) is 1. The third kappa shape index (κ3) is 3.50. The Morgan fingerprint density at radius 3 is 2.39 bits per heavy atom. The summed E-state index contributed by atoms with van der Waals surface area (Å²) in [6.45, 7) is 0.236. The van der Waals surface area contributed by atoms with Gasteiger partial charge in [-0.2, -0.15) is 0 Å².